The molecule has 0 bridgehead atoms. The number of rotatable bonds is 1. The minimum absolute atomic E-state index is 0.243. The fourth-order valence-electron chi connectivity index (χ4n) is 3.03. The average Bonchev–Trinajstić information content (AvgIpc) is 2.73. The Balaban J connectivity index is 1.93. The van der Waals surface area contributed by atoms with E-state index in [0.717, 1.165) is 49.5 Å². The normalized spacial score (nSPS) is 22.8. The van der Waals surface area contributed by atoms with Gasteiger partial charge >= 0.3 is 0 Å². The van der Waals surface area contributed by atoms with E-state index in [2.05, 4.69) is 17.2 Å². The Morgan fingerprint density at radius 1 is 1.35 bits per heavy atom. The molecule has 1 N–H and O–H groups in total. The summed E-state index contributed by atoms with van der Waals surface area (Å²) in [6, 6.07) is 0. The van der Waals surface area contributed by atoms with Gasteiger partial charge in [0, 0.05) is 11.3 Å². The Bertz CT molecular complexity index is 446. The summed E-state index contributed by atoms with van der Waals surface area (Å²) in [5, 5.41) is 4.51. The van der Waals surface area contributed by atoms with Crippen LogP contribution in [0.2, 0.25) is 0 Å². The lowest BCUT2D eigenvalue weighted by Crippen LogP contribution is -2.41. The average molecular weight is 250 g/mol. The maximum Gasteiger partial charge on any atom is 0.182 e. The van der Waals surface area contributed by atoms with Crippen LogP contribution in [0.3, 0.4) is 0 Å². The van der Waals surface area contributed by atoms with Crippen LogP contribution < -0.4 is 5.32 Å². The summed E-state index contributed by atoms with van der Waals surface area (Å²) in [5.74, 6) is 0.282. The second-order valence-electron chi connectivity index (χ2n) is 5.26. The quantitative estimate of drug-likeness (QED) is 0.831. The van der Waals surface area contributed by atoms with E-state index in [0.29, 0.717) is 6.42 Å². The van der Waals surface area contributed by atoms with E-state index in [1.54, 1.807) is 11.3 Å². The van der Waals surface area contributed by atoms with Crippen LogP contribution in [0.1, 0.15) is 46.6 Å². The number of piperidine rings is 1. The molecule has 3 rings (SSSR count). The van der Waals surface area contributed by atoms with Crippen molar-refractivity contribution in [1.82, 2.24) is 10.3 Å². The molecule has 1 aliphatic carbocycles. The first kappa shape index (κ1) is 11.4. The van der Waals surface area contributed by atoms with E-state index in [9.17, 15) is 4.79 Å². The Labute approximate surface area is 106 Å². The van der Waals surface area contributed by atoms with Crippen LogP contribution in [0.15, 0.2) is 0 Å². The summed E-state index contributed by atoms with van der Waals surface area (Å²) in [6.45, 7) is 4.22. The van der Waals surface area contributed by atoms with E-state index >= 15 is 0 Å². The zero-order valence-electron chi connectivity index (χ0n) is 10.2. The number of ketones is 1. The summed E-state index contributed by atoms with van der Waals surface area (Å²) < 4.78 is 0. The number of nitrogens with zero attached hydrogens (tertiary/aromatic N) is 1. The summed E-state index contributed by atoms with van der Waals surface area (Å²) in [4.78, 5) is 17.9. The maximum atomic E-state index is 12.2. The van der Waals surface area contributed by atoms with Crippen molar-refractivity contribution in [3.05, 3.63) is 15.6 Å². The Hall–Kier alpha value is -0.740. The molecule has 1 aromatic rings. The van der Waals surface area contributed by atoms with Crippen molar-refractivity contribution in [2.45, 2.75) is 39.0 Å². The highest BCUT2D eigenvalue weighted by molar-refractivity contribution is 7.12. The predicted octanol–water partition coefficient (Wildman–Crippen LogP) is 2.20. The number of Topliss-reactive ketones (excluding diaryl/α,β-unsaturated/α-hetero) is 1. The highest BCUT2D eigenvalue weighted by atomic mass is 32.1. The van der Waals surface area contributed by atoms with Crippen molar-refractivity contribution in [1.29, 1.82) is 0 Å². The number of thiazole rings is 1. The van der Waals surface area contributed by atoms with Gasteiger partial charge in [-0.2, -0.15) is 0 Å². The molecular formula is C13H18N2OS. The third kappa shape index (κ3) is 1.93. The summed E-state index contributed by atoms with van der Waals surface area (Å²) >= 11 is 1.75. The number of aryl methyl sites for hydroxylation is 1. The summed E-state index contributed by atoms with van der Waals surface area (Å²) in [7, 11) is 0. The second-order valence-corrected chi connectivity index (χ2v) is 6.43. The van der Waals surface area contributed by atoms with Crippen LogP contribution >= 0.6 is 11.3 Å². The van der Waals surface area contributed by atoms with Gasteiger partial charge in [0.15, 0.2) is 5.78 Å². The number of aromatic nitrogens is 1. The van der Waals surface area contributed by atoms with E-state index in [1.165, 1.54) is 4.88 Å². The fraction of sp³-hybridized carbons (Fsp3) is 0.692. The van der Waals surface area contributed by atoms with Crippen LogP contribution in [-0.4, -0.2) is 23.9 Å². The second kappa shape index (κ2) is 4.18. The molecule has 0 aromatic carbocycles. The first-order valence-electron chi connectivity index (χ1n) is 6.45. The van der Waals surface area contributed by atoms with Gasteiger partial charge in [0.1, 0.15) is 5.69 Å². The third-order valence-electron chi connectivity index (χ3n) is 4.04. The lowest BCUT2D eigenvalue weighted by atomic mass is 9.69. The molecule has 1 saturated heterocycles. The van der Waals surface area contributed by atoms with Crippen molar-refractivity contribution >= 4 is 17.1 Å². The monoisotopic (exact) mass is 250 g/mol. The molecule has 0 saturated carbocycles. The highest BCUT2D eigenvalue weighted by Crippen LogP contribution is 2.43. The Morgan fingerprint density at radius 2 is 2.12 bits per heavy atom. The van der Waals surface area contributed by atoms with Gasteiger partial charge in [0.2, 0.25) is 0 Å². The van der Waals surface area contributed by atoms with Crippen molar-refractivity contribution in [3.63, 3.8) is 0 Å². The lowest BCUT2D eigenvalue weighted by Gasteiger charge is -2.39. The van der Waals surface area contributed by atoms with Crippen LogP contribution in [0.4, 0.5) is 0 Å². The minimum atomic E-state index is 0.243. The molecule has 1 aliphatic heterocycles. The fourth-order valence-corrected chi connectivity index (χ4v) is 4.23. The van der Waals surface area contributed by atoms with Crippen LogP contribution in [0.5, 0.6) is 0 Å². The standard InChI is InChI=1S/C13H18N2OS/c1-2-11-15-12-9(16)7-13(8-10(12)17-11)3-5-14-6-4-13/h14H,2-8H2,1H3. The largest absolute Gasteiger partial charge is 0.317 e. The lowest BCUT2D eigenvalue weighted by molar-refractivity contribution is 0.0833. The minimum Gasteiger partial charge on any atom is -0.317 e. The highest BCUT2D eigenvalue weighted by Gasteiger charge is 2.41. The molecule has 0 unspecified atom stereocenters. The number of hydrogen-bond acceptors (Lipinski definition) is 4. The zero-order chi connectivity index (χ0) is 11.9. The van der Waals surface area contributed by atoms with E-state index in [-0.39, 0.29) is 11.2 Å². The van der Waals surface area contributed by atoms with Gasteiger partial charge in [0.05, 0.1) is 5.01 Å². The van der Waals surface area contributed by atoms with Crippen LogP contribution in [0, 0.1) is 5.41 Å². The van der Waals surface area contributed by atoms with Gasteiger partial charge in [0.25, 0.3) is 0 Å². The molecular weight excluding hydrogens is 232 g/mol. The molecule has 2 heterocycles. The maximum absolute atomic E-state index is 12.2. The topological polar surface area (TPSA) is 42.0 Å². The number of carbonyl (C=O) groups is 1. The number of carbonyl (C=O) groups excluding carboxylic acids is 1. The number of hydrogen-bond donors (Lipinski definition) is 1. The predicted molar refractivity (Wildman–Crippen MR) is 68.7 cm³/mol. The van der Waals surface area contributed by atoms with Gasteiger partial charge in [-0.15, -0.1) is 11.3 Å². The summed E-state index contributed by atoms with van der Waals surface area (Å²) in [5.41, 5.74) is 1.03. The zero-order valence-corrected chi connectivity index (χ0v) is 11.0. The van der Waals surface area contributed by atoms with E-state index in [4.69, 9.17) is 0 Å². The molecule has 1 aromatic heterocycles. The van der Waals surface area contributed by atoms with Crippen LogP contribution in [-0.2, 0) is 12.8 Å². The molecule has 0 amide bonds. The molecule has 1 spiro atoms. The van der Waals surface area contributed by atoms with Crippen molar-refractivity contribution in [2.24, 2.45) is 5.41 Å². The molecule has 92 valence electrons. The van der Waals surface area contributed by atoms with Gasteiger partial charge in [-0.3, -0.25) is 4.79 Å². The smallest absolute Gasteiger partial charge is 0.182 e. The van der Waals surface area contributed by atoms with Crippen molar-refractivity contribution < 1.29 is 4.79 Å². The Morgan fingerprint density at radius 3 is 2.82 bits per heavy atom. The third-order valence-corrected chi connectivity index (χ3v) is 5.24. The van der Waals surface area contributed by atoms with Crippen LogP contribution in [0.25, 0.3) is 0 Å². The molecule has 4 heteroatoms. The number of fused-ring (bicyclic) bond motifs is 1. The molecule has 3 nitrogen and oxygen atoms in total. The van der Waals surface area contributed by atoms with Crippen molar-refractivity contribution in [2.75, 3.05) is 13.1 Å². The number of nitrogens with one attached hydrogen (secondary N) is 1. The first-order chi connectivity index (χ1) is 8.22. The molecule has 0 radical (unpaired) electrons. The molecule has 1 fully saturated rings. The van der Waals surface area contributed by atoms with E-state index < -0.39 is 0 Å². The molecule has 2 aliphatic rings. The van der Waals surface area contributed by atoms with E-state index in [1.807, 2.05) is 0 Å². The Kier molecular flexibility index (Phi) is 2.79. The van der Waals surface area contributed by atoms with Gasteiger partial charge in [-0.25, -0.2) is 4.98 Å². The summed E-state index contributed by atoms with van der Waals surface area (Å²) in [6.07, 6.45) is 5.01. The van der Waals surface area contributed by atoms with Crippen molar-refractivity contribution in [3.8, 4) is 0 Å². The van der Waals surface area contributed by atoms with Gasteiger partial charge < -0.3 is 5.32 Å². The molecule has 17 heavy (non-hydrogen) atoms. The van der Waals surface area contributed by atoms with Gasteiger partial charge in [-0.1, -0.05) is 6.92 Å². The van der Waals surface area contributed by atoms with Gasteiger partial charge in [-0.05, 0) is 44.2 Å². The SMILES string of the molecule is CCc1nc2c(s1)CC1(CCNCC1)CC2=O. The molecule has 0 atom stereocenters. The first-order valence-corrected chi connectivity index (χ1v) is 7.27.